The second-order valence-electron chi connectivity index (χ2n) is 11.8. The first-order chi connectivity index (χ1) is 25.4. The maximum absolute atomic E-state index is 14.6. The van der Waals surface area contributed by atoms with Gasteiger partial charge in [-0.3, -0.25) is 0 Å². The summed E-state index contributed by atoms with van der Waals surface area (Å²) in [7, 11) is 0. The molecule has 4 aromatic heterocycles. The van der Waals surface area contributed by atoms with Crippen molar-refractivity contribution in [3.63, 3.8) is 0 Å². The molecule has 0 aliphatic rings. The highest BCUT2D eigenvalue weighted by atomic mass is 127. The standard InChI is InChI=1S/C36H26F10N4O4.2HI/c37-33(38,35(41,42)43)29-27(23-9-13-49(14-10-23)17-19-51)47-31(53-29)25-5-1-21(2-6-25)22-3-7-26(8-4-22)32-48-28(24-11-15-50(16-12-24)18-20-52)30(54-32)34(39,40)36(44,45)46;;/h1-16,51-52H,17-20H2;2*1H/q+2;;/p-2. The molecule has 0 saturated heterocycles. The Morgan fingerprint density at radius 1 is 0.446 bits per heavy atom. The van der Waals surface area contributed by atoms with Gasteiger partial charge in [0.2, 0.25) is 23.3 Å². The molecule has 20 heteroatoms. The highest BCUT2D eigenvalue weighted by Crippen LogP contribution is 2.50. The van der Waals surface area contributed by atoms with Gasteiger partial charge >= 0.3 is 24.2 Å². The molecule has 2 N–H and O–H groups in total. The molecule has 2 aromatic carbocycles. The van der Waals surface area contributed by atoms with E-state index in [-0.39, 0.29) is 96.5 Å². The van der Waals surface area contributed by atoms with Crippen molar-refractivity contribution in [2.75, 3.05) is 13.2 Å². The number of alkyl halides is 10. The van der Waals surface area contributed by atoms with Gasteiger partial charge in [0.1, 0.15) is 24.6 Å². The van der Waals surface area contributed by atoms with E-state index in [4.69, 9.17) is 19.0 Å². The Balaban J connectivity index is 0.00000348. The first-order valence-corrected chi connectivity index (χ1v) is 15.8. The van der Waals surface area contributed by atoms with Gasteiger partial charge in [0.15, 0.2) is 37.9 Å². The fourth-order valence-corrected chi connectivity index (χ4v) is 5.33. The van der Waals surface area contributed by atoms with Crippen LogP contribution in [0.3, 0.4) is 0 Å². The summed E-state index contributed by atoms with van der Waals surface area (Å²) in [5.74, 6) is -15.3. The molecule has 298 valence electrons. The number of nitrogens with zero attached hydrogens (tertiary/aromatic N) is 4. The minimum atomic E-state index is -6.00. The van der Waals surface area contributed by atoms with Crippen LogP contribution in [-0.4, -0.2) is 45.7 Å². The number of rotatable bonds is 11. The molecule has 0 radical (unpaired) electrons. The van der Waals surface area contributed by atoms with Crippen molar-refractivity contribution < 1.29 is 120 Å². The monoisotopic (exact) mass is 1020 g/mol. The number of oxazole rings is 2. The molecule has 4 heterocycles. The third kappa shape index (κ3) is 8.86. The summed E-state index contributed by atoms with van der Waals surface area (Å²) >= 11 is 0. The van der Waals surface area contributed by atoms with Gasteiger partial charge in [0, 0.05) is 46.5 Å². The second kappa shape index (κ2) is 17.1. The van der Waals surface area contributed by atoms with Crippen molar-refractivity contribution in [2.24, 2.45) is 0 Å². The summed E-state index contributed by atoms with van der Waals surface area (Å²) in [6.07, 6.45) is -6.54. The lowest BCUT2D eigenvalue weighted by Gasteiger charge is -2.17. The number of aliphatic hydroxyl groups excluding tert-OH is 2. The van der Waals surface area contributed by atoms with Crippen LogP contribution in [0.2, 0.25) is 0 Å². The number of pyridine rings is 2. The van der Waals surface area contributed by atoms with Crippen molar-refractivity contribution in [2.45, 2.75) is 37.3 Å². The van der Waals surface area contributed by atoms with E-state index in [0.29, 0.717) is 11.1 Å². The van der Waals surface area contributed by atoms with Gasteiger partial charge in [-0.2, -0.15) is 43.9 Å². The quantitative estimate of drug-likeness (QED) is 0.117. The van der Waals surface area contributed by atoms with Crippen LogP contribution in [0.5, 0.6) is 0 Å². The zero-order valence-electron chi connectivity index (χ0n) is 28.1. The Morgan fingerprint density at radius 2 is 0.732 bits per heavy atom. The third-order valence-corrected chi connectivity index (χ3v) is 8.18. The molecule has 6 aromatic rings. The fourth-order valence-electron chi connectivity index (χ4n) is 5.33. The van der Waals surface area contributed by atoms with Gasteiger partial charge in [-0.1, -0.05) is 24.3 Å². The Kier molecular flexibility index (Phi) is 13.6. The van der Waals surface area contributed by atoms with Crippen LogP contribution in [0.4, 0.5) is 43.9 Å². The van der Waals surface area contributed by atoms with Crippen LogP contribution in [0.15, 0.2) is 106 Å². The molecule has 8 nitrogen and oxygen atoms in total. The van der Waals surface area contributed by atoms with Gasteiger partial charge in [-0.15, -0.1) is 0 Å². The van der Waals surface area contributed by atoms with Gasteiger partial charge in [-0.25, -0.2) is 19.1 Å². The third-order valence-electron chi connectivity index (χ3n) is 8.18. The molecule has 0 bridgehead atoms. The van der Waals surface area contributed by atoms with E-state index in [0.717, 1.165) is 0 Å². The summed E-state index contributed by atoms with van der Waals surface area (Å²) in [5, 5.41) is 18.2. The van der Waals surface area contributed by atoms with Gasteiger partial charge in [0.25, 0.3) is 0 Å². The molecule has 0 fully saturated rings. The van der Waals surface area contributed by atoms with E-state index in [2.05, 4.69) is 9.97 Å². The van der Waals surface area contributed by atoms with Crippen LogP contribution in [-0.2, 0) is 24.9 Å². The van der Waals surface area contributed by atoms with Crippen LogP contribution in [0, 0.1) is 0 Å². The Labute approximate surface area is 344 Å². The lowest BCUT2D eigenvalue weighted by atomic mass is 10.0. The molecular formula is C36H26F10I2N4O4. The normalized spacial score (nSPS) is 12.3. The maximum atomic E-state index is 14.6. The molecule has 6 rings (SSSR count). The molecule has 0 aliphatic carbocycles. The molecule has 0 aliphatic heterocycles. The SMILES string of the molecule is OCC[n+]1ccc(-c2nc(-c3ccc(-c4ccc(-c5nc(-c6cc[n+](CCO)cc6)c(C(F)(F)C(F)(F)F)o5)cc4)cc3)oc2C(F)(F)C(F)(F)F)cc1.[I-].[I-]. The number of aromatic nitrogens is 4. The molecular weight excluding hydrogens is 996 g/mol. The van der Waals surface area contributed by atoms with Crippen molar-refractivity contribution in [1.29, 1.82) is 0 Å². The van der Waals surface area contributed by atoms with Gasteiger partial charge < -0.3 is 67.0 Å². The van der Waals surface area contributed by atoms with E-state index in [1.807, 2.05) is 0 Å². The largest absolute Gasteiger partial charge is 1.00 e. The average Bonchev–Trinajstić information content (AvgIpc) is 3.79. The zero-order valence-corrected chi connectivity index (χ0v) is 32.4. The van der Waals surface area contributed by atoms with E-state index in [1.54, 1.807) is 0 Å². The number of hydrogen-bond acceptors (Lipinski definition) is 6. The van der Waals surface area contributed by atoms with Crippen LogP contribution in [0.25, 0.3) is 56.6 Å². The smallest absolute Gasteiger partial charge is 0.461 e. The summed E-state index contributed by atoms with van der Waals surface area (Å²) in [6, 6.07) is 16.3. The van der Waals surface area contributed by atoms with E-state index in [9.17, 15) is 43.9 Å². The summed E-state index contributed by atoms with van der Waals surface area (Å²) in [4.78, 5) is 7.94. The Hall–Kier alpha value is -4.16. The number of aliphatic hydroxyl groups is 2. The topological polar surface area (TPSA) is 100 Å². The average molecular weight is 1020 g/mol. The molecule has 0 spiro atoms. The fraction of sp³-hybridized carbons (Fsp3) is 0.222. The van der Waals surface area contributed by atoms with Crippen molar-refractivity contribution >= 4 is 0 Å². The molecule has 56 heavy (non-hydrogen) atoms. The predicted octanol–water partition coefficient (Wildman–Crippen LogP) is 1.87. The minimum Gasteiger partial charge on any atom is -1.00 e. The van der Waals surface area contributed by atoms with E-state index in [1.165, 1.54) is 107 Å². The van der Waals surface area contributed by atoms with Crippen molar-refractivity contribution in [3.05, 3.63) is 109 Å². The lowest BCUT2D eigenvalue weighted by molar-refractivity contribution is -0.698. The first-order valence-electron chi connectivity index (χ1n) is 15.8. The Bertz CT molecular complexity index is 2070. The number of hydrogen-bond donors (Lipinski definition) is 2. The molecule has 0 unspecified atom stereocenters. The summed E-state index contributed by atoms with van der Waals surface area (Å²) in [5.41, 5.74) is -0.646. The van der Waals surface area contributed by atoms with Crippen LogP contribution in [0.1, 0.15) is 11.5 Å². The van der Waals surface area contributed by atoms with Crippen molar-refractivity contribution in [3.8, 4) is 56.6 Å². The van der Waals surface area contributed by atoms with Crippen LogP contribution >= 0.6 is 0 Å². The first kappa shape index (κ1) is 44.6. The summed E-state index contributed by atoms with van der Waals surface area (Å²) in [6.45, 7) is -0.189. The highest BCUT2D eigenvalue weighted by Gasteiger charge is 2.63. The predicted molar refractivity (Wildman–Crippen MR) is 168 cm³/mol. The molecule has 0 atom stereocenters. The van der Waals surface area contributed by atoms with Crippen molar-refractivity contribution in [1.82, 2.24) is 9.97 Å². The van der Waals surface area contributed by atoms with Crippen LogP contribution < -0.4 is 57.1 Å². The lowest BCUT2D eigenvalue weighted by Crippen LogP contribution is -3.00. The van der Waals surface area contributed by atoms with E-state index < -0.39 is 58.9 Å². The molecule has 0 amide bonds. The van der Waals surface area contributed by atoms with Gasteiger partial charge in [0.05, 0.1) is 0 Å². The van der Waals surface area contributed by atoms with Gasteiger partial charge in [-0.05, 0) is 35.4 Å². The number of benzene rings is 2. The van der Waals surface area contributed by atoms with E-state index >= 15 is 0 Å². The maximum Gasteiger partial charge on any atom is 0.461 e. The Morgan fingerprint density at radius 3 is 1.00 bits per heavy atom. The summed E-state index contributed by atoms with van der Waals surface area (Å²) < 4.78 is 152. The second-order valence-corrected chi connectivity index (χ2v) is 11.8. The molecule has 0 saturated carbocycles. The number of halogens is 12. The zero-order chi connectivity index (χ0) is 39.1. The minimum absolute atomic E-state index is 0. The highest BCUT2D eigenvalue weighted by molar-refractivity contribution is 5.72.